The van der Waals surface area contributed by atoms with Crippen molar-refractivity contribution < 1.29 is 14.7 Å². The first-order valence-corrected chi connectivity index (χ1v) is 9.28. The Balaban J connectivity index is 1.71. The summed E-state index contributed by atoms with van der Waals surface area (Å²) in [5.41, 5.74) is 2.54. The van der Waals surface area contributed by atoms with Gasteiger partial charge in [-0.1, -0.05) is 36.8 Å². The summed E-state index contributed by atoms with van der Waals surface area (Å²) in [6, 6.07) is 8.76. The van der Waals surface area contributed by atoms with Crippen LogP contribution in [0, 0.1) is 6.92 Å². The molecule has 1 aromatic rings. The monoisotopic (exact) mass is 346 g/mol. The van der Waals surface area contributed by atoms with E-state index in [9.17, 15) is 9.59 Å². The molecule has 1 fully saturated rings. The van der Waals surface area contributed by atoms with Crippen molar-refractivity contribution in [2.75, 3.05) is 26.2 Å². The lowest BCUT2D eigenvalue weighted by Crippen LogP contribution is -2.48. The van der Waals surface area contributed by atoms with Crippen LogP contribution in [0.1, 0.15) is 43.7 Å². The van der Waals surface area contributed by atoms with E-state index in [2.05, 4.69) is 31.2 Å². The highest BCUT2D eigenvalue weighted by Gasteiger charge is 2.26. The van der Waals surface area contributed by atoms with Crippen molar-refractivity contribution in [2.45, 2.75) is 52.0 Å². The van der Waals surface area contributed by atoms with Crippen LogP contribution in [0.2, 0.25) is 0 Å². The standard InChI is InChI=1S/C20H30N2O3/c1-3-21(15-20(24)25)18-11-13-22(14-12-18)19(23)6-4-5-17-9-7-16(2)8-10-17/h7-10,18H,3-6,11-15H2,1-2H3,(H,24,25). The number of likely N-dealkylation sites (tertiary alicyclic amines) is 1. The Morgan fingerprint density at radius 2 is 1.84 bits per heavy atom. The number of aliphatic carboxylic acids is 1. The third kappa shape index (κ3) is 6.16. The Morgan fingerprint density at radius 3 is 2.40 bits per heavy atom. The Labute approximate surface area is 150 Å². The first-order chi connectivity index (χ1) is 12.0. The lowest BCUT2D eigenvalue weighted by Gasteiger charge is -2.37. The lowest BCUT2D eigenvalue weighted by atomic mass is 10.0. The third-order valence-electron chi connectivity index (χ3n) is 5.05. The molecular formula is C20H30N2O3. The van der Waals surface area contributed by atoms with Crippen LogP contribution < -0.4 is 0 Å². The van der Waals surface area contributed by atoms with Crippen LogP contribution in [-0.4, -0.2) is 59.0 Å². The largest absolute Gasteiger partial charge is 0.480 e. The molecule has 1 amide bonds. The molecule has 5 heteroatoms. The number of carboxylic acids is 1. The second-order valence-corrected chi connectivity index (χ2v) is 6.91. The maximum absolute atomic E-state index is 12.4. The number of piperidine rings is 1. The van der Waals surface area contributed by atoms with Crippen molar-refractivity contribution >= 4 is 11.9 Å². The smallest absolute Gasteiger partial charge is 0.317 e. The number of carbonyl (C=O) groups excluding carboxylic acids is 1. The van der Waals surface area contributed by atoms with Crippen molar-refractivity contribution in [3.8, 4) is 0 Å². The molecule has 0 atom stereocenters. The van der Waals surface area contributed by atoms with E-state index < -0.39 is 5.97 Å². The number of benzene rings is 1. The molecule has 1 aliphatic heterocycles. The van der Waals surface area contributed by atoms with Crippen molar-refractivity contribution in [3.63, 3.8) is 0 Å². The van der Waals surface area contributed by atoms with Crippen LogP contribution in [0.3, 0.4) is 0 Å². The number of aryl methyl sites for hydroxylation is 2. The molecule has 138 valence electrons. The molecule has 0 bridgehead atoms. The van der Waals surface area contributed by atoms with Gasteiger partial charge in [0.15, 0.2) is 0 Å². The maximum Gasteiger partial charge on any atom is 0.317 e. The van der Waals surface area contributed by atoms with Gasteiger partial charge in [-0.05, 0) is 44.7 Å². The minimum Gasteiger partial charge on any atom is -0.480 e. The van der Waals surface area contributed by atoms with Gasteiger partial charge in [0.1, 0.15) is 0 Å². The normalized spacial score (nSPS) is 15.6. The average molecular weight is 346 g/mol. The minimum atomic E-state index is -0.781. The summed E-state index contributed by atoms with van der Waals surface area (Å²) in [5, 5.41) is 8.99. The quantitative estimate of drug-likeness (QED) is 0.786. The van der Waals surface area contributed by atoms with Crippen molar-refractivity contribution in [1.29, 1.82) is 0 Å². The zero-order valence-electron chi connectivity index (χ0n) is 15.4. The fourth-order valence-corrected chi connectivity index (χ4v) is 3.51. The van der Waals surface area contributed by atoms with Gasteiger partial charge in [0.25, 0.3) is 0 Å². The molecule has 0 aliphatic carbocycles. The van der Waals surface area contributed by atoms with Crippen LogP contribution in [-0.2, 0) is 16.0 Å². The van der Waals surface area contributed by atoms with E-state index in [0.29, 0.717) is 6.42 Å². The molecule has 0 unspecified atom stereocenters. The fraction of sp³-hybridized carbons (Fsp3) is 0.600. The number of nitrogens with zero attached hydrogens (tertiary/aromatic N) is 2. The fourth-order valence-electron chi connectivity index (χ4n) is 3.51. The van der Waals surface area contributed by atoms with Crippen LogP contribution in [0.25, 0.3) is 0 Å². The summed E-state index contributed by atoms with van der Waals surface area (Å²) >= 11 is 0. The van der Waals surface area contributed by atoms with Crippen LogP contribution >= 0.6 is 0 Å². The summed E-state index contributed by atoms with van der Waals surface area (Å²) < 4.78 is 0. The van der Waals surface area contributed by atoms with Crippen LogP contribution in [0.5, 0.6) is 0 Å². The Bertz CT molecular complexity index is 563. The summed E-state index contributed by atoms with van der Waals surface area (Å²) in [7, 11) is 0. The van der Waals surface area contributed by atoms with Gasteiger partial charge in [0.05, 0.1) is 6.54 Å². The Morgan fingerprint density at radius 1 is 1.20 bits per heavy atom. The summed E-state index contributed by atoms with van der Waals surface area (Å²) in [4.78, 5) is 27.3. The molecule has 25 heavy (non-hydrogen) atoms. The molecule has 1 saturated heterocycles. The molecule has 1 aromatic carbocycles. The number of rotatable bonds is 8. The highest BCUT2D eigenvalue weighted by Crippen LogP contribution is 2.18. The van der Waals surface area contributed by atoms with E-state index in [1.807, 2.05) is 16.7 Å². The molecule has 0 spiro atoms. The number of carboxylic acid groups (broad SMARTS) is 1. The van der Waals surface area contributed by atoms with E-state index in [1.54, 1.807) is 0 Å². The zero-order chi connectivity index (χ0) is 18.2. The highest BCUT2D eigenvalue weighted by molar-refractivity contribution is 5.76. The SMILES string of the molecule is CCN(CC(=O)O)C1CCN(C(=O)CCCc2ccc(C)cc2)CC1. The topological polar surface area (TPSA) is 60.9 Å². The van der Waals surface area contributed by atoms with Gasteiger partial charge in [-0.25, -0.2) is 0 Å². The summed E-state index contributed by atoms with van der Waals surface area (Å²) in [6.45, 7) is 6.38. The number of hydrogen-bond donors (Lipinski definition) is 1. The predicted octanol–water partition coefficient (Wildman–Crippen LogP) is 2.72. The van der Waals surface area contributed by atoms with Crippen molar-refractivity contribution in [3.05, 3.63) is 35.4 Å². The van der Waals surface area contributed by atoms with Crippen molar-refractivity contribution in [2.24, 2.45) is 0 Å². The molecule has 1 N–H and O–H groups in total. The van der Waals surface area contributed by atoms with Gasteiger partial charge >= 0.3 is 5.97 Å². The molecule has 2 rings (SSSR count). The van der Waals surface area contributed by atoms with E-state index in [4.69, 9.17) is 5.11 Å². The number of amides is 1. The predicted molar refractivity (Wildman–Crippen MR) is 98.6 cm³/mol. The van der Waals surface area contributed by atoms with E-state index in [-0.39, 0.29) is 18.5 Å². The van der Waals surface area contributed by atoms with E-state index in [0.717, 1.165) is 45.3 Å². The number of carbonyl (C=O) groups is 2. The zero-order valence-corrected chi connectivity index (χ0v) is 15.4. The van der Waals surface area contributed by atoms with Gasteiger partial charge in [0.2, 0.25) is 5.91 Å². The number of hydrogen-bond acceptors (Lipinski definition) is 3. The lowest BCUT2D eigenvalue weighted by molar-refractivity contribution is -0.140. The molecule has 0 saturated carbocycles. The minimum absolute atomic E-state index is 0.0890. The molecule has 0 radical (unpaired) electrons. The Kier molecular flexibility index (Phi) is 7.44. The van der Waals surface area contributed by atoms with Gasteiger partial charge in [-0.15, -0.1) is 0 Å². The van der Waals surface area contributed by atoms with Gasteiger partial charge in [-0.3, -0.25) is 14.5 Å². The van der Waals surface area contributed by atoms with Crippen LogP contribution in [0.4, 0.5) is 0 Å². The summed E-state index contributed by atoms with van der Waals surface area (Å²) in [5.74, 6) is -0.552. The molecule has 1 heterocycles. The van der Waals surface area contributed by atoms with Gasteiger partial charge < -0.3 is 10.0 Å². The van der Waals surface area contributed by atoms with E-state index in [1.165, 1.54) is 11.1 Å². The molecule has 5 nitrogen and oxygen atoms in total. The van der Waals surface area contributed by atoms with Crippen molar-refractivity contribution in [1.82, 2.24) is 9.80 Å². The molecular weight excluding hydrogens is 316 g/mol. The first kappa shape index (κ1) is 19.4. The number of likely N-dealkylation sites (N-methyl/N-ethyl adjacent to an activating group) is 1. The third-order valence-corrected chi connectivity index (χ3v) is 5.05. The first-order valence-electron chi connectivity index (χ1n) is 9.28. The molecule has 0 aromatic heterocycles. The van der Waals surface area contributed by atoms with Gasteiger partial charge in [0, 0.05) is 25.6 Å². The summed E-state index contributed by atoms with van der Waals surface area (Å²) in [6.07, 6.45) is 4.13. The van der Waals surface area contributed by atoms with E-state index >= 15 is 0 Å². The second kappa shape index (κ2) is 9.56. The van der Waals surface area contributed by atoms with Gasteiger partial charge in [-0.2, -0.15) is 0 Å². The maximum atomic E-state index is 12.4. The average Bonchev–Trinajstić information content (AvgIpc) is 2.61. The Hall–Kier alpha value is -1.88. The highest BCUT2D eigenvalue weighted by atomic mass is 16.4. The molecule has 1 aliphatic rings. The van der Waals surface area contributed by atoms with Crippen LogP contribution in [0.15, 0.2) is 24.3 Å². The second-order valence-electron chi connectivity index (χ2n) is 6.91.